The fourth-order valence-electron chi connectivity index (χ4n) is 5.74. The van der Waals surface area contributed by atoms with Crippen LogP contribution in [0.5, 0.6) is 0 Å². The number of hydrogen-bond donors (Lipinski definition) is 1. The molecule has 2 aliphatic carbocycles. The molecule has 5 atom stereocenters. The Balaban J connectivity index is 2.06. The van der Waals surface area contributed by atoms with Gasteiger partial charge in [-0.15, -0.1) is 0 Å². The van der Waals surface area contributed by atoms with E-state index in [9.17, 15) is 14.7 Å². The second kappa shape index (κ2) is 8.14. The van der Waals surface area contributed by atoms with Gasteiger partial charge < -0.3 is 9.84 Å². The maximum atomic E-state index is 12.0. The van der Waals surface area contributed by atoms with Gasteiger partial charge in [-0.2, -0.15) is 0 Å². The molecule has 4 heteroatoms. The fraction of sp³-hybridized carbons (Fsp3) is 0.818. The van der Waals surface area contributed by atoms with Gasteiger partial charge in [0.15, 0.2) is 0 Å². The molecule has 1 N–H and O–H groups in total. The van der Waals surface area contributed by atoms with Gasteiger partial charge in [-0.25, -0.2) is 0 Å². The monoisotopic (exact) mass is 364 g/mol. The van der Waals surface area contributed by atoms with Crippen molar-refractivity contribution in [2.75, 3.05) is 6.61 Å². The van der Waals surface area contributed by atoms with E-state index in [2.05, 4.69) is 20.4 Å². The first-order valence-electron chi connectivity index (χ1n) is 10.2. The Kier molecular flexibility index (Phi) is 6.57. The van der Waals surface area contributed by atoms with E-state index >= 15 is 0 Å². The van der Waals surface area contributed by atoms with Gasteiger partial charge in [0.2, 0.25) is 0 Å². The molecule has 2 rings (SSSR count). The topological polar surface area (TPSA) is 63.6 Å². The van der Waals surface area contributed by atoms with E-state index in [0.29, 0.717) is 18.4 Å². The van der Waals surface area contributed by atoms with Gasteiger partial charge in [0.05, 0.1) is 12.0 Å². The zero-order chi connectivity index (χ0) is 19.5. The predicted octanol–water partition coefficient (Wildman–Crippen LogP) is 5.22. The van der Waals surface area contributed by atoms with Crippen molar-refractivity contribution >= 4 is 11.9 Å². The smallest absolute Gasteiger partial charge is 0.309 e. The fourth-order valence-corrected chi connectivity index (χ4v) is 5.74. The number of esters is 1. The number of carbonyl (C=O) groups is 2. The molecule has 26 heavy (non-hydrogen) atoms. The summed E-state index contributed by atoms with van der Waals surface area (Å²) < 4.78 is 5.06. The maximum Gasteiger partial charge on any atom is 0.309 e. The molecule has 148 valence electrons. The summed E-state index contributed by atoms with van der Waals surface area (Å²) in [6, 6.07) is 0. The lowest BCUT2D eigenvalue weighted by Gasteiger charge is -2.57. The molecule has 0 aromatic carbocycles. The van der Waals surface area contributed by atoms with Crippen molar-refractivity contribution in [1.29, 1.82) is 0 Å². The Morgan fingerprint density at radius 3 is 2.62 bits per heavy atom. The molecular weight excluding hydrogens is 328 g/mol. The molecule has 0 aliphatic heterocycles. The molecule has 0 aromatic rings. The van der Waals surface area contributed by atoms with E-state index in [-0.39, 0.29) is 17.3 Å². The molecule has 4 nitrogen and oxygen atoms in total. The van der Waals surface area contributed by atoms with Crippen LogP contribution < -0.4 is 0 Å². The number of rotatable bonds is 7. The van der Waals surface area contributed by atoms with E-state index in [1.54, 1.807) is 0 Å². The highest BCUT2D eigenvalue weighted by molar-refractivity contribution is 5.75. The van der Waals surface area contributed by atoms with Crippen molar-refractivity contribution in [1.82, 2.24) is 0 Å². The molecule has 0 saturated heterocycles. The Morgan fingerprint density at radius 1 is 1.31 bits per heavy atom. The Bertz CT molecular complexity index is 554. The van der Waals surface area contributed by atoms with Crippen molar-refractivity contribution in [3.63, 3.8) is 0 Å². The lowest BCUT2D eigenvalue weighted by atomic mass is 9.46. The Labute approximate surface area is 158 Å². The van der Waals surface area contributed by atoms with Crippen LogP contribution in [-0.4, -0.2) is 23.7 Å². The van der Waals surface area contributed by atoms with Crippen molar-refractivity contribution in [3.05, 3.63) is 12.2 Å². The first kappa shape index (κ1) is 21.0. The summed E-state index contributed by atoms with van der Waals surface area (Å²) in [6.45, 7) is 12.8. The minimum Gasteiger partial charge on any atom is -0.481 e. The highest BCUT2D eigenvalue weighted by atomic mass is 16.5. The second-order valence-electron chi connectivity index (χ2n) is 9.20. The number of ether oxygens (including phenoxy) is 1. The van der Waals surface area contributed by atoms with Gasteiger partial charge >= 0.3 is 11.9 Å². The molecular formula is C22H36O4. The third-order valence-corrected chi connectivity index (χ3v) is 7.37. The predicted molar refractivity (Wildman–Crippen MR) is 103 cm³/mol. The van der Waals surface area contributed by atoms with Gasteiger partial charge in [-0.1, -0.05) is 32.4 Å². The van der Waals surface area contributed by atoms with Crippen molar-refractivity contribution in [2.24, 2.45) is 28.6 Å². The van der Waals surface area contributed by atoms with E-state index in [0.717, 1.165) is 51.4 Å². The molecule has 5 unspecified atom stereocenters. The van der Waals surface area contributed by atoms with E-state index < -0.39 is 11.4 Å². The molecule has 0 spiro atoms. The summed E-state index contributed by atoms with van der Waals surface area (Å²) in [5, 5.41) is 9.90. The first-order chi connectivity index (χ1) is 12.1. The summed E-state index contributed by atoms with van der Waals surface area (Å²) in [6.07, 6.45) is 7.80. The van der Waals surface area contributed by atoms with Crippen LogP contribution >= 0.6 is 0 Å². The number of aliphatic carboxylic acids is 1. The summed E-state index contributed by atoms with van der Waals surface area (Å²) in [7, 11) is 0. The van der Waals surface area contributed by atoms with Crippen LogP contribution in [-0.2, 0) is 14.3 Å². The minimum atomic E-state index is -0.630. The van der Waals surface area contributed by atoms with Crippen LogP contribution in [0.2, 0.25) is 0 Å². The molecule has 0 radical (unpaired) electrons. The largest absolute Gasteiger partial charge is 0.481 e. The minimum absolute atomic E-state index is 0.0380. The molecule has 0 heterocycles. The Morgan fingerprint density at radius 2 is 2.00 bits per heavy atom. The average Bonchev–Trinajstić information content (AvgIpc) is 2.53. The number of carbonyl (C=O) groups excluding carboxylic acids is 1. The third kappa shape index (κ3) is 4.15. The number of carboxylic acid groups (broad SMARTS) is 1. The van der Waals surface area contributed by atoms with Crippen molar-refractivity contribution in [3.8, 4) is 0 Å². The van der Waals surface area contributed by atoms with Gasteiger partial charge in [0.25, 0.3) is 0 Å². The molecule has 2 fully saturated rings. The van der Waals surface area contributed by atoms with Gasteiger partial charge in [-0.3, -0.25) is 9.59 Å². The second-order valence-corrected chi connectivity index (χ2v) is 9.20. The van der Waals surface area contributed by atoms with E-state index in [4.69, 9.17) is 4.74 Å². The van der Waals surface area contributed by atoms with Crippen molar-refractivity contribution < 1.29 is 19.4 Å². The van der Waals surface area contributed by atoms with Crippen LogP contribution in [0.1, 0.15) is 79.1 Å². The Hall–Kier alpha value is -1.32. The molecule has 2 aliphatic rings. The lowest BCUT2D eigenvalue weighted by molar-refractivity contribution is -0.164. The van der Waals surface area contributed by atoms with Crippen LogP contribution in [0.4, 0.5) is 0 Å². The summed E-state index contributed by atoms with van der Waals surface area (Å²) in [4.78, 5) is 22.9. The summed E-state index contributed by atoms with van der Waals surface area (Å²) in [5.74, 6) is 0.267. The number of fused-ring (bicyclic) bond motifs is 1. The average molecular weight is 365 g/mol. The highest BCUT2D eigenvalue weighted by Gasteiger charge is 2.57. The zero-order valence-corrected chi connectivity index (χ0v) is 17.0. The number of hydrogen-bond acceptors (Lipinski definition) is 3. The van der Waals surface area contributed by atoms with Crippen LogP contribution in [0.3, 0.4) is 0 Å². The van der Waals surface area contributed by atoms with Crippen LogP contribution in [0.25, 0.3) is 0 Å². The van der Waals surface area contributed by atoms with E-state index in [1.807, 2.05) is 6.92 Å². The molecule has 0 bridgehead atoms. The first-order valence-corrected chi connectivity index (χ1v) is 10.2. The van der Waals surface area contributed by atoms with E-state index in [1.165, 1.54) is 12.5 Å². The molecule has 0 amide bonds. The quantitative estimate of drug-likeness (QED) is 0.497. The zero-order valence-electron chi connectivity index (χ0n) is 17.0. The maximum absolute atomic E-state index is 12.0. The number of allylic oxidation sites excluding steroid dienone is 1. The highest BCUT2D eigenvalue weighted by Crippen LogP contribution is 2.62. The summed E-state index contributed by atoms with van der Waals surface area (Å²) in [5.41, 5.74) is 0.744. The standard InChI is InChI=1S/C22H36O4/c1-15(11-14-26-17(3)23)7-9-18-16(2)8-10-19-21(18,4)12-6-13-22(19,5)20(24)25/h15,18-19H,2,6-14H2,1,3-5H3,(H,24,25). The number of carboxylic acids is 1. The normalized spacial score (nSPS) is 35.5. The molecule has 0 aromatic heterocycles. The molecule has 2 saturated carbocycles. The van der Waals surface area contributed by atoms with Gasteiger partial charge in [-0.05, 0) is 75.0 Å². The van der Waals surface area contributed by atoms with Crippen LogP contribution in [0.15, 0.2) is 12.2 Å². The lowest BCUT2D eigenvalue weighted by Crippen LogP contribution is -2.53. The third-order valence-electron chi connectivity index (χ3n) is 7.37. The van der Waals surface area contributed by atoms with Gasteiger partial charge in [0.1, 0.15) is 0 Å². The summed E-state index contributed by atoms with van der Waals surface area (Å²) >= 11 is 0. The van der Waals surface area contributed by atoms with Gasteiger partial charge in [0, 0.05) is 6.92 Å². The van der Waals surface area contributed by atoms with Crippen LogP contribution in [0, 0.1) is 28.6 Å². The van der Waals surface area contributed by atoms with Crippen molar-refractivity contribution in [2.45, 2.75) is 79.1 Å². The SMILES string of the molecule is C=C1CCC2C(C)(C(=O)O)CCCC2(C)C1CCC(C)CCOC(C)=O.